The maximum Gasteiger partial charge on any atom is 0.248 e. The van der Waals surface area contributed by atoms with E-state index in [0.29, 0.717) is 52.9 Å². The Kier molecular flexibility index (Phi) is 13.0. The number of fused-ring (bicyclic) bond motifs is 1. The molecule has 13 nitrogen and oxygen atoms in total. The summed E-state index contributed by atoms with van der Waals surface area (Å²) in [7, 11) is 0. The second kappa shape index (κ2) is 18.5. The monoisotopic (exact) mass is 859 g/mol. The van der Waals surface area contributed by atoms with Crippen molar-refractivity contribution < 1.29 is 28.7 Å². The number of nitrogens with one attached hydrogen (secondary N) is 2. The van der Waals surface area contributed by atoms with E-state index in [-0.39, 0.29) is 71.1 Å². The van der Waals surface area contributed by atoms with Crippen LogP contribution in [0.3, 0.4) is 0 Å². The number of Topliss-reactive ketones (excluding diaryl/α,β-unsaturated/α-hetero) is 2. The molecule has 1 saturated heterocycles. The zero-order chi connectivity index (χ0) is 40.8. The van der Waals surface area contributed by atoms with E-state index in [0.717, 1.165) is 5.56 Å². The minimum atomic E-state index is -0.969. The molecule has 3 heterocycles. The number of carbonyl (C=O) groups is 5. The van der Waals surface area contributed by atoms with Crippen LogP contribution in [0.15, 0.2) is 107 Å². The van der Waals surface area contributed by atoms with Crippen LogP contribution in [0.5, 0.6) is 0 Å². The van der Waals surface area contributed by atoms with Crippen molar-refractivity contribution >= 4 is 81.1 Å². The molecule has 1 unspecified atom stereocenters. The van der Waals surface area contributed by atoms with E-state index in [2.05, 4.69) is 20.9 Å². The van der Waals surface area contributed by atoms with Crippen molar-refractivity contribution in [2.45, 2.75) is 38.3 Å². The summed E-state index contributed by atoms with van der Waals surface area (Å²) in [5.74, 6) is -2.14. The number of alkyl halides is 1. The van der Waals surface area contributed by atoms with Gasteiger partial charge in [-0.2, -0.15) is 0 Å². The number of ether oxygens (including phenoxy) is 1. The minimum Gasteiger partial charge on any atom is -0.374 e. The molecule has 17 heteroatoms. The predicted molar refractivity (Wildman–Crippen MR) is 220 cm³/mol. The predicted octanol–water partition coefficient (Wildman–Crippen LogP) is 5.71. The Morgan fingerprint density at radius 1 is 0.931 bits per heavy atom. The summed E-state index contributed by atoms with van der Waals surface area (Å²) in [6, 6.07) is 23.7. The lowest BCUT2D eigenvalue weighted by Gasteiger charge is -2.40. The normalized spacial score (nSPS) is 14.5. The molecule has 1 aliphatic heterocycles. The molecular weight excluding hydrogens is 825 g/mol. The van der Waals surface area contributed by atoms with Crippen molar-refractivity contribution in [1.29, 1.82) is 0 Å². The van der Waals surface area contributed by atoms with Gasteiger partial charge in [-0.25, -0.2) is 4.68 Å². The lowest BCUT2D eigenvalue weighted by molar-refractivity contribution is -0.136. The molecule has 7 rings (SSSR count). The summed E-state index contributed by atoms with van der Waals surface area (Å²) in [6.45, 7) is 1.13. The highest BCUT2D eigenvalue weighted by molar-refractivity contribution is 7.10. The van der Waals surface area contributed by atoms with Gasteiger partial charge in [-0.15, -0.1) is 28.0 Å². The van der Waals surface area contributed by atoms with E-state index < -0.39 is 17.7 Å². The summed E-state index contributed by atoms with van der Waals surface area (Å²) in [5.41, 5.74) is 3.20. The molecule has 58 heavy (non-hydrogen) atoms. The van der Waals surface area contributed by atoms with Crippen molar-refractivity contribution in [3.8, 4) is 0 Å². The lowest BCUT2D eigenvalue weighted by Crippen LogP contribution is -2.60. The van der Waals surface area contributed by atoms with Crippen molar-refractivity contribution in [2.75, 3.05) is 30.4 Å². The van der Waals surface area contributed by atoms with Crippen LogP contribution >= 0.6 is 46.1 Å². The largest absolute Gasteiger partial charge is 0.374 e. The third-order valence-electron chi connectivity index (χ3n) is 9.61. The number of halogens is 3. The molecular formula is C41H36Cl3N7O6S. The zero-order valence-corrected chi connectivity index (χ0v) is 33.9. The molecule has 0 bridgehead atoms. The van der Waals surface area contributed by atoms with Gasteiger partial charge in [-0.1, -0.05) is 95.1 Å². The van der Waals surface area contributed by atoms with E-state index in [1.165, 1.54) is 20.9 Å². The molecule has 3 amide bonds. The number of anilines is 1. The van der Waals surface area contributed by atoms with E-state index in [1.54, 1.807) is 59.6 Å². The molecule has 0 spiro atoms. The quantitative estimate of drug-likeness (QED) is 0.119. The van der Waals surface area contributed by atoms with Crippen molar-refractivity contribution in [3.05, 3.63) is 145 Å². The van der Waals surface area contributed by atoms with E-state index in [9.17, 15) is 24.0 Å². The number of amides is 3. The zero-order valence-electron chi connectivity index (χ0n) is 30.8. The Bertz CT molecular complexity index is 2370. The van der Waals surface area contributed by atoms with Gasteiger partial charge in [0.1, 0.15) is 34.9 Å². The maximum atomic E-state index is 13.7. The Morgan fingerprint density at radius 3 is 2.38 bits per heavy atom. The second-order valence-electron chi connectivity index (χ2n) is 13.6. The van der Waals surface area contributed by atoms with Crippen LogP contribution in [0.2, 0.25) is 5.02 Å². The molecule has 5 aromatic rings. The molecule has 2 aromatic heterocycles. The van der Waals surface area contributed by atoms with Crippen LogP contribution in [0.1, 0.15) is 48.5 Å². The van der Waals surface area contributed by atoms with Gasteiger partial charge >= 0.3 is 0 Å². The molecule has 0 radical (unpaired) electrons. The number of thiophene rings is 1. The summed E-state index contributed by atoms with van der Waals surface area (Å²) in [6.07, 6.45) is 2.24. The Labute approximate surface area is 352 Å². The number of hydrogen-bond acceptors (Lipinski definition) is 10. The number of likely N-dealkylation sites (tertiary alicyclic amines) is 1. The number of aromatic nitrogens is 3. The highest BCUT2D eigenvalue weighted by Gasteiger charge is 2.37. The van der Waals surface area contributed by atoms with E-state index >= 15 is 0 Å². The van der Waals surface area contributed by atoms with Gasteiger partial charge in [0.05, 0.1) is 25.5 Å². The van der Waals surface area contributed by atoms with Crippen LogP contribution in [0.25, 0.3) is 0 Å². The van der Waals surface area contributed by atoms with Crippen LogP contribution in [0, 0.1) is 0 Å². The van der Waals surface area contributed by atoms with Gasteiger partial charge in [-0.3, -0.25) is 28.9 Å². The number of benzene rings is 3. The smallest absolute Gasteiger partial charge is 0.248 e. The molecule has 1 aliphatic carbocycles. The van der Waals surface area contributed by atoms with Crippen LogP contribution in [0.4, 0.5) is 5.69 Å². The average Bonchev–Trinajstić information content (AvgIpc) is 3.91. The van der Waals surface area contributed by atoms with Crippen LogP contribution in [-0.4, -0.2) is 80.7 Å². The first-order valence-electron chi connectivity index (χ1n) is 18.2. The van der Waals surface area contributed by atoms with Gasteiger partial charge in [0.15, 0.2) is 0 Å². The number of carbonyl (C=O) groups excluding carboxylic acids is 5. The van der Waals surface area contributed by atoms with Crippen molar-refractivity contribution in [1.82, 2.24) is 30.5 Å². The Balaban J connectivity index is 0.911. The number of hydrogen-bond donors (Lipinski definition) is 2. The topological polar surface area (TPSA) is 156 Å². The van der Waals surface area contributed by atoms with Gasteiger partial charge in [0.25, 0.3) is 0 Å². The fourth-order valence-corrected chi connectivity index (χ4v) is 8.05. The maximum absolute atomic E-state index is 13.7. The first-order chi connectivity index (χ1) is 28.1. The Hall–Kier alpha value is -5.38. The molecule has 1 fully saturated rings. The second-order valence-corrected chi connectivity index (χ2v) is 15.6. The van der Waals surface area contributed by atoms with Crippen LogP contribution < -0.4 is 15.5 Å². The highest BCUT2D eigenvalue weighted by atomic mass is 35.5. The fourth-order valence-electron chi connectivity index (χ4n) is 6.63. The summed E-state index contributed by atoms with van der Waals surface area (Å²) >= 11 is 20.4. The standard InChI is InChI=1S/C41H36Cl3N7O6S/c42-18-34(52)51(38(33-11-6-16-58-33)41(56)45-15-14-25-7-2-1-3-8-25)29-13-12-26(32(43)17-29)23-57-24-28-21-50(48-47-28)22-35(53)49-19-27(20-49)46-37-36(44)39(54)30-9-4-5-10-31(30)40(37)55/h1-13,16-17,21,27,38,46H,14-15,18-20,22-24H2,(H,45,56). The minimum absolute atomic E-state index is 0.0431. The van der Waals surface area contributed by atoms with Gasteiger partial charge in [-0.05, 0) is 41.1 Å². The molecule has 0 saturated carbocycles. The number of ketones is 2. The number of nitrogens with zero attached hydrogens (tertiary/aromatic N) is 5. The number of rotatable bonds is 16. The van der Waals surface area contributed by atoms with Gasteiger partial charge in [0.2, 0.25) is 29.3 Å². The SMILES string of the molecule is O=C1C(Cl)=C(NC2CN(C(=O)Cn3cc(COCc4ccc(N(C(=O)CCl)C(C(=O)NCCc5ccccc5)c5cccs5)cc4Cl)nn3)C2)C(=O)c2ccccc21. The first-order valence-corrected chi connectivity index (χ1v) is 20.4. The summed E-state index contributed by atoms with van der Waals surface area (Å²) in [5, 5.41) is 16.2. The summed E-state index contributed by atoms with van der Waals surface area (Å²) < 4.78 is 7.29. The highest BCUT2D eigenvalue weighted by Crippen LogP contribution is 2.34. The number of allylic oxidation sites excluding steroid dienone is 2. The summed E-state index contributed by atoms with van der Waals surface area (Å²) in [4.78, 5) is 69.3. The Morgan fingerprint density at radius 2 is 1.67 bits per heavy atom. The molecule has 1 atom stereocenters. The fraction of sp³-hybridized carbons (Fsp3) is 0.244. The average molecular weight is 861 g/mol. The van der Waals surface area contributed by atoms with Crippen LogP contribution in [-0.2, 0) is 45.3 Å². The van der Waals surface area contributed by atoms with Crippen molar-refractivity contribution in [3.63, 3.8) is 0 Å². The molecule has 298 valence electrons. The van der Waals surface area contributed by atoms with E-state index in [1.807, 2.05) is 41.8 Å². The van der Waals surface area contributed by atoms with Gasteiger partial charge < -0.3 is 20.3 Å². The molecule has 3 aromatic carbocycles. The third kappa shape index (κ3) is 9.16. The first kappa shape index (κ1) is 40.8. The van der Waals surface area contributed by atoms with Crippen molar-refractivity contribution in [2.24, 2.45) is 0 Å². The molecule has 2 N–H and O–H groups in total. The molecule has 2 aliphatic rings. The third-order valence-corrected chi connectivity index (χ3v) is 11.5. The lowest BCUT2D eigenvalue weighted by atomic mass is 9.92. The van der Waals surface area contributed by atoms with Gasteiger partial charge in [0, 0.05) is 46.3 Å². The van der Waals surface area contributed by atoms with E-state index in [4.69, 9.17) is 39.5 Å².